The van der Waals surface area contributed by atoms with Crippen LogP contribution in [0.4, 0.5) is 4.79 Å². The molecule has 2 aliphatic rings. The topological polar surface area (TPSA) is 77.1 Å². The number of amides is 2. The van der Waals surface area contributed by atoms with E-state index in [-0.39, 0.29) is 17.0 Å². The number of carbonyl (C=O) groups is 1. The molecule has 8 nitrogen and oxygen atoms in total. The molecular formula is C19H31N5O3S. The summed E-state index contributed by atoms with van der Waals surface area (Å²) >= 11 is 0. The Hall–Kier alpha value is -1.71. The van der Waals surface area contributed by atoms with E-state index in [0.29, 0.717) is 26.1 Å². The van der Waals surface area contributed by atoms with Crippen molar-refractivity contribution in [2.45, 2.75) is 36.6 Å². The van der Waals surface area contributed by atoms with Crippen molar-refractivity contribution in [1.82, 2.24) is 24.0 Å². The van der Waals surface area contributed by atoms with Crippen molar-refractivity contribution in [2.24, 2.45) is 0 Å². The predicted molar refractivity (Wildman–Crippen MR) is 107 cm³/mol. The highest BCUT2D eigenvalue weighted by atomic mass is 32.2. The van der Waals surface area contributed by atoms with Gasteiger partial charge in [-0.15, -0.1) is 0 Å². The number of likely N-dealkylation sites (tertiary alicyclic amines) is 1. The van der Waals surface area contributed by atoms with Crippen LogP contribution in [0.1, 0.15) is 25.7 Å². The van der Waals surface area contributed by atoms with Crippen molar-refractivity contribution in [3.63, 3.8) is 0 Å². The van der Waals surface area contributed by atoms with Gasteiger partial charge in [0.15, 0.2) is 0 Å². The minimum Gasteiger partial charge on any atom is -0.331 e. The van der Waals surface area contributed by atoms with Gasteiger partial charge < -0.3 is 14.7 Å². The highest BCUT2D eigenvalue weighted by Crippen LogP contribution is 2.24. The first kappa shape index (κ1) is 21.0. The maximum absolute atomic E-state index is 12.9. The second-order valence-electron chi connectivity index (χ2n) is 7.77. The summed E-state index contributed by atoms with van der Waals surface area (Å²) in [7, 11) is -0.0869. The van der Waals surface area contributed by atoms with Crippen LogP contribution in [-0.4, -0.2) is 97.8 Å². The fourth-order valence-electron chi connectivity index (χ4n) is 3.96. The van der Waals surface area contributed by atoms with E-state index in [2.05, 4.69) is 9.88 Å². The van der Waals surface area contributed by atoms with Gasteiger partial charge in [0.05, 0.1) is 0 Å². The Balaban J connectivity index is 1.68. The molecule has 0 saturated carbocycles. The Kier molecular flexibility index (Phi) is 6.90. The first-order valence-corrected chi connectivity index (χ1v) is 11.4. The first-order valence-electron chi connectivity index (χ1n) is 10.00. The fourth-order valence-corrected chi connectivity index (χ4v) is 5.41. The van der Waals surface area contributed by atoms with Crippen LogP contribution in [0.25, 0.3) is 0 Å². The molecule has 2 saturated heterocycles. The lowest BCUT2D eigenvalue weighted by Crippen LogP contribution is -2.50. The van der Waals surface area contributed by atoms with Crippen molar-refractivity contribution in [3.05, 3.63) is 24.5 Å². The average Bonchev–Trinajstić information content (AvgIpc) is 3.20. The van der Waals surface area contributed by atoms with Gasteiger partial charge in [0.1, 0.15) is 4.90 Å². The van der Waals surface area contributed by atoms with Crippen LogP contribution in [0.2, 0.25) is 0 Å². The third kappa shape index (κ3) is 4.82. The molecule has 0 bridgehead atoms. The summed E-state index contributed by atoms with van der Waals surface area (Å²) < 4.78 is 27.2. The number of hydrogen-bond acceptors (Lipinski definition) is 5. The Bertz CT molecular complexity index is 750. The molecule has 1 aromatic rings. The average molecular weight is 410 g/mol. The van der Waals surface area contributed by atoms with Crippen LogP contribution in [0.15, 0.2) is 29.4 Å². The zero-order valence-electron chi connectivity index (χ0n) is 16.8. The predicted octanol–water partition coefficient (Wildman–Crippen LogP) is 1.31. The van der Waals surface area contributed by atoms with Crippen molar-refractivity contribution >= 4 is 16.1 Å². The van der Waals surface area contributed by atoms with E-state index in [4.69, 9.17) is 0 Å². The number of urea groups is 1. The number of rotatable bonds is 6. The monoisotopic (exact) mass is 409 g/mol. The molecule has 3 heterocycles. The van der Waals surface area contributed by atoms with Gasteiger partial charge in [0.2, 0.25) is 10.0 Å². The summed E-state index contributed by atoms with van der Waals surface area (Å²) in [5.74, 6) is 0. The zero-order chi connectivity index (χ0) is 20.1. The van der Waals surface area contributed by atoms with Gasteiger partial charge in [-0.05, 0) is 44.5 Å². The lowest BCUT2D eigenvalue weighted by atomic mass is 10.1. The van der Waals surface area contributed by atoms with Crippen LogP contribution in [0, 0.1) is 0 Å². The molecule has 1 atom stereocenters. The second kappa shape index (κ2) is 9.19. The highest BCUT2D eigenvalue weighted by Gasteiger charge is 2.37. The summed E-state index contributed by atoms with van der Waals surface area (Å²) in [4.78, 5) is 22.7. The van der Waals surface area contributed by atoms with E-state index in [9.17, 15) is 13.2 Å². The van der Waals surface area contributed by atoms with Crippen LogP contribution < -0.4 is 0 Å². The van der Waals surface area contributed by atoms with Crippen LogP contribution in [0.3, 0.4) is 0 Å². The van der Waals surface area contributed by atoms with Gasteiger partial charge in [-0.2, -0.15) is 4.31 Å². The largest absolute Gasteiger partial charge is 0.331 e. The van der Waals surface area contributed by atoms with Crippen molar-refractivity contribution < 1.29 is 13.2 Å². The Morgan fingerprint density at radius 3 is 2.61 bits per heavy atom. The zero-order valence-corrected chi connectivity index (χ0v) is 17.6. The summed E-state index contributed by atoms with van der Waals surface area (Å²) in [6.45, 7) is 4.37. The van der Waals surface area contributed by atoms with Crippen LogP contribution in [0.5, 0.6) is 0 Å². The lowest BCUT2D eigenvalue weighted by molar-refractivity contribution is 0.134. The van der Waals surface area contributed by atoms with Gasteiger partial charge in [0, 0.05) is 58.7 Å². The smallest absolute Gasteiger partial charge is 0.319 e. The minimum atomic E-state index is -3.58. The molecule has 0 aliphatic carbocycles. The molecule has 2 aliphatic heterocycles. The van der Waals surface area contributed by atoms with Gasteiger partial charge >= 0.3 is 6.03 Å². The van der Waals surface area contributed by atoms with E-state index < -0.39 is 10.0 Å². The molecule has 0 spiro atoms. The maximum atomic E-state index is 12.9. The van der Waals surface area contributed by atoms with Crippen molar-refractivity contribution in [3.8, 4) is 0 Å². The Morgan fingerprint density at radius 2 is 1.96 bits per heavy atom. The van der Waals surface area contributed by atoms with Crippen LogP contribution in [-0.2, 0) is 10.0 Å². The molecule has 156 valence electrons. The summed E-state index contributed by atoms with van der Waals surface area (Å²) in [6.07, 6.45) is 7.29. The molecule has 1 aromatic heterocycles. The van der Waals surface area contributed by atoms with E-state index in [1.54, 1.807) is 37.3 Å². The number of pyridine rings is 1. The third-order valence-electron chi connectivity index (χ3n) is 5.57. The number of nitrogens with zero attached hydrogens (tertiary/aromatic N) is 5. The summed E-state index contributed by atoms with van der Waals surface area (Å²) in [6, 6.07) is 3.03. The number of aromatic nitrogens is 1. The standard InChI is InChI=1S/C19H31N5O3S/c1-21(2)19(25)24(14-13-22-10-4-3-5-11-22)17-8-12-23(16-17)28(26,27)18-7-6-9-20-15-18/h6-7,9,15,17H,3-5,8,10-14,16H2,1-2H3. The number of sulfonamides is 1. The number of carbonyl (C=O) groups excluding carboxylic acids is 1. The fraction of sp³-hybridized carbons (Fsp3) is 0.684. The Labute approximate surface area is 168 Å². The summed E-state index contributed by atoms with van der Waals surface area (Å²) in [5, 5.41) is 0. The third-order valence-corrected chi connectivity index (χ3v) is 7.42. The van der Waals surface area contributed by atoms with Gasteiger partial charge in [0.25, 0.3) is 0 Å². The molecule has 2 fully saturated rings. The second-order valence-corrected chi connectivity index (χ2v) is 9.70. The molecule has 3 rings (SSSR count). The normalized spacial score (nSPS) is 21.6. The Morgan fingerprint density at radius 1 is 1.21 bits per heavy atom. The highest BCUT2D eigenvalue weighted by molar-refractivity contribution is 7.89. The quantitative estimate of drug-likeness (QED) is 0.708. The molecule has 0 aromatic carbocycles. The molecule has 28 heavy (non-hydrogen) atoms. The van der Waals surface area contributed by atoms with Crippen molar-refractivity contribution in [1.29, 1.82) is 0 Å². The van der Waals surface area contributed by atoms with Gasteiger partial charge in [-0.25, -0.2) is 13.2 Å². The molecule has 9 heteroatoms. The number of piperidine rings is 1. The van der Waals surface area contributed by atoms with Crippen molar-refractivity contribution in [2.75, 3.05) is 53.4 Å². The molecule has 2 amide bonds. The van der Waals surface area contributed by atoms with E-state index >= 15 is 0 Å². The van der Waals surface area contributed by atoms with Gasteiger partial charge in [-0.1, -0.05) is 6.42 Å². The van der Waals surface area contributed by atoms with Gasteiger partial charge in [-0.3, -0.25) is 4.98 Å². The van der Waals surface area contributed by atoms with E-state index in [0.717, 1.165) is 19.6 Å². The molecule has 1 unspecified atom stereocenters. The number of hydrogen-bond donors (Lipinski definition) is 0. The molecule has 0 radical (unpaired) electrons. The minimum absolute atomic E-state index is 0.0531. The molecule has 0 N–H and O–H groups in total. The maximum Gasteiger partial charge on any atom is 0.319 e. The molecular weight excluding hydrogens is 378 g/mol. The first-order chi connectivity index (χ1) is 13.4. The SMILES string of the molecule is CN(C)C(=O)N(CCN1CCCCC1)C1CCN(S(=O)(=O)c2cccnc2)C1. The van der Waals surface area contributed by atoms with E-state index in [1.165, 1.54) is 29.8 Å². The van der Waals surface area contributed by atoms with E-state index in [1.807, 2.05) is 4.90 Å². The summed E-state index contributed by atoms with van der Waals surface area (Å²) in [5.41, 5.74) is 0. The van der Waals surface area contributed by atoms with Crippen LogP contribution >= 0.6 is 0 Å². The lowest BCUT2D eigenvalue weighted by Gasteiger charge is -2.34.